The Hall–Kier alpha value is -1.31. The van der Waals surface area contributed by atoms with Crippen LogP contribution < -0.4 is 5.84 Å². The van der Waals surface area contributed by atoms with Crippen molar-refractivity contribution in [1.82, 2.24) is 0 Å². The van der Waals surface area contributed by atoms with E-state index in [1.54, 1.807) is 0 Å². The lowest BCUT2D eigenvalue weighted by atomic mass is 10.1. The van der Waals surface area contributed by atoms with Crippen molar-refractivity contribution in [3.05, 3.63) is 35.9 Å². The summed E-state index contributed by atoms with van der Waals surface area (Å²) < 4.78 is 0. The smallest absolute Gasteiger partial charge is 0.0669 e. The second kappa shape index (κ2) is 3.76. The van der Waals surface area contributed by atoms with Gasteiger partial charge in [0.15, 0.2) is 0 Å². The molecule has 2 nitrogen and oxygen atoms in total. The highest BCUT2D eigenvalue weighted by atomic mass is 15.1. The van der Waals surface area contributed by atoms with Crippen LogP contribution in [0.5, 0.6) is 0 Å². The van der Waals surface area contributed by atoms with Crippen molar-refractivity contribution in [3.63, 3.8) is 0 Å². The van der Waals surface area contributed by atoms with Gasteiger partial charge in [-0.1, -0.05) is 37.3 Å². The summed E-state index contributed by atoms with van der Waals surface area (Å²) in [6.07, 6.45) is 0.876. The van der Waals surface area contributed by atoms with Crippen LogP contribution >= 0.6 is 0 Å². The summed E-state index contributed by atoms with van der Waals surface area (Å²) >= 11 is 0. The van der Waals surface area contributed by atoms with Crippen molar-refractivity contribution in [2.75, 3.05) is 0 Å². The highest BCUT2D eigenvalue weighted by Crippen LogP contribution is 2.02. The molecule has 2 N–H and O–H groups in total. The second-order valence-electron chi connectivity index (χ2n) is 2.30. The zero-order valence-electron chi connectivity index (χ0n) is 6.62. The topological polar surface area (TPSA) is 38.4 Å². The molecule has 0 fully saturated rings. The molecule has 1 aromatic carbocycles. The van der Waals surface area contributed by atoms with Gasteiger partial charge in [-0.3, -0.25) is 0 Å². The summed E-state index contributed by atoms with van der Waals surface area (Å²) in [5.41, 5.74) is 2.06. The second-order valence-corrected chi connectivity index (χ2v) is 2.30. The van der Waals surface area contributed by atoms with E-state index in [9.17, 15) is 0 Å². The average molecular weight is 148 g/mol. The third kappa shape index (κ3) is 1.80. The first-order valence-corrected chi connectivity index (χ1v) is 3.70. The Morgan fingerprint density at radius 1 is 1.36 bits per heavy atom. The molecule has 0 spiro atoms. The van der Waals surface area contributed by atoms with E-state index in [-0.39, 0.29) is 0 Å². The molecule has 0 unspecified atom stereocenters. The summed E-state index contributed by atoms with van der Waals surface area (Å²) in [7, 11) is 0. The molecule has 0 saturated carbocycles. The van der Waals surface area contributed by atoms with E-state index in [4.69, 9.17) is 5.84 Å². The number of rotatable bonds is 2. The molecule has 0 aliphatic carbocycles. The van der Waals surface area contributed by atoms with E-state index >= 15 is 0 Å². The van der Waals surface area contributed by atoms with Gasteiger partial charge in [-0.25, -0.2) is 0 Å². The maximum atomic E-state index is 5.20. The molecule has 0 amide bonds. The summed E-state index contributed by atoms with van der Waals surface area (Å²) in [4.78, 5) is 0. The van der Waals surface area contributed by atoms with Crippen LogP contribution in [0.3, 0.4) is 0 Å². The number of hydrogen-bond donors (Lipinski definition) is 1. The number of hydrogen-bond acceptors (Lipinski definition) is 2. The first-order chi connectivity index (χ1) is 5.38. The van der Waals surface area contributed by atoms with Gasteiger partial charge < -0.3 is 5.84 Å². The molecule has 0 heterocycles. The zero-order valence-corrected chi connectivity index (χ0v) is 6.62. The molecule has 0 aliphatic heterocycles. The first-order valence-electron chi connectivity index (χ1n) is 3.70. The summed E-state index contributed by atoms with van der Waals surface area (Å²) in [6, 6.07) is 9.96. The average Bonchev–Trinajstić information content (AvgIpc) is 2.09. The lowest BCUT2D eigenvalue weighted by molar-refractivity contribution is 1.17. The standard InChI is InChI=1S/C9H12N2/c1-2-9(11-10)8-6-4-3-5-7-8/h3-7H,2,10H2,1H3. The molecule has 2 heteroatoms. The van der Waals surface area contributed by atoms with Crippen molar-refractivity contribution in [3.8, 4) is 0 Å². The fourth-order valence-corrected chi connectivity index (χ4v) is 1.00. The van der Waals surface area contributed by atoms with Crippen molar-refractivity contribution >= 4 is 5.71 Å². The number of nitrogens with zero attached hydrogens (tertiary/aromatic N) is 1. The molecule has 1 aromatic rings. The fraction of sp³-hybridized carbons (Fsp3) is 0.222. The lowest BCUT2D eigenvalue weighted by Gasteiger charge is -1.99. The van der Waals surface area contributed by atoms with Gasteiger partial charge in [0.2, 0.25) is 0 Å². The predicted octanol–water partition coefficient (Wildman–Crippen LogP) is 1.76. The van der Waals surface area contributed by atoms with Gasteiger partial charge in [0.05, 0.1) is 5.71 Å². The van der Waals surface area contributed by atoms with Gasteiger partial charge in [-0.2, -0.15) is 5.10 Å². The molecular formula is C9H12N2. The van der Waals surface area contributed by atoms with Crippen LogP contribution in [0.4, 0.5) is 0 Å². The lowest BCUT2D eigenvalue weighted by Crippen LogP contribution is -2.01. The Morgan fingerprint density at radius 2 is 2.00 bits per heavy atom. The molecular weight excluding hydrogens is 136 g/mol. The van der Waals surface area contributed by atoms with Crippen molar-refractivity contribution in [1.29, 1.82) is 0 Å². The normalized spacial score (nSPS) is 11.5. The molecule has 0 atom stereocenters. The van der Waals surface area contributed by atoms with Gasteiger partial charge in [-0.05, 0) is 12.0 Å². The molecule has 1 rings (SSSR count). The maximum Gasteiger partial charge on any atom is 0.0669 e. The molecule has 0 bridgehead atoms. The van der Waals surface area contributed by atoms with Gasteiger partial charge in [-0.15, -0.1) is 0 Å². The van der Waals surface area contributed by atoms with Crippen LogP contribution in [-0.2, 0) is 0 Å². The van der Waals surface area contributed by atoms with E-state index in [0.29, 0.717) is 0 Å². The number of nitrogens with two attached hydrogens (primary N) is 1. The van der Waals surface area contributed by atoms with Gasteiger partial charge in [0.1, 0.15) is 0 Å². The van der Waals surface area contributed by atoms with E-state index in [2.05, 4.69) is 5.10 Å². The molecule has 0 radical (unpaired) electrons. The summed E-state index contributed by atoms with van der Waals surface area (Å²) in [6.45, 7) is 2.04. The number of benzene rings is 1. The monoisotopic (exact) mass is 148 g/mol. The van der Waals surface area contributed by atoms with Crippen LogP contribution in [0.15, 0.2) is 35.4 Å². The van der Waals surface area contributed by atoms with Crippen LogP contribution in [-0.4, -0.2) is 5.71 Å². The Morgan fingerprint density at radius 3 is 2.45 bits per heavy atom. The minimum Gasteiger partial charge on any atom is -0.323 e. The third-order valence-corrected chi connectivity index (χ3v) is 1.60. The Balaban J connectivity index is 2.92. The quantitative estimate of drug-likeness (QED) is 0.387. The molecule has 0 saturated heterocycles. The van der Waals surface area contributed by atoms with E-state index in [1.165, 1.54) is 0 Å². The zero-order chi connectivity index (χ0) is 8.10. The van der Waals surface area contributed by atoms with E-state index in [0.717, 1.165) is 17.7 Å². The van der Waals surface area contributed by atoms with Crippen LogP contribution in [0.2, 0.25) is 0 Å². The maximum absolute atomic E-state index is 5.20. The highest BCUT2D eigenvalue weighted by Gasteiger charge is 1.96. The van der Waals surface area contributed by atoms with Crippen molar-refractivity contribution in [2.45, 2.75) is 13.3 Å². The Kier molecular flexibility index (Phi) is 2.66. The Labute approximate surface area is 66.7 Å². The van der Waals surface area contributed by atoms with Gasteiger partial charge in [0.25, 0.3) is 0 Å². The molecule has 0 aromatic heterocycles. The van der Waals surface area contributed by atoms with Gasteiger partial charge >= 0.3 is 0 Å². The molecule has 58 valence electrons. The van der Waals surface area contributed by atoms with Crippen molar-refractivity contribution in [2.24, 2.45) is 10.9 Å². The van der Waals surface area contributed by atoms with Crippen LogP contribution in [0.25, 0.3) is 0 Å². The number of hydrazone groups is 1. The summed E-state index contributed by atoms with van der Waals surface area (Å²) in [5, 5.41) is 3.69. The SMILES string of the molecule is CCC(=NN)c1ccccc1. The highest BCUT2D eigenvalue weighted by molar-refractivity contribution is 6.00. The van der Waals surface area contributed by atoms with E-state index < -0.39 is 0 Å². The van der Waals surface area contributed by atoms with Crippen molar-refractivity contribution < 1.29 is 0 Å². The molecule has 11 heavy (non-hydrogen) atoms. The van der Waals surface area contributed by atoms with E-state index in [1.807, 2.05) is 37.3 Å². The predicted molar refractivity (Wildman–Crippen MR) is 47.5 cm³/mol. The minimum atomic E-state index is 0.876. The molecule has 0 aliphatic rings. The summed E-state index contributed by atoms with van der Waals surface area (Å²) in [5.74, 6) is 5.20. The van der Waals surface area contributed by atoms with Crippen LogP contribution in [0.1, 0.15) is 18.9 Å². The minimum absolute atomic E-state index is 0.876. The third-order valence-electron chi connectivity index (χ3n) is 1.60. The first kappa shape index (κ1) is 7.79. The fourth-order valence-electron chi connectivity index (χ4n) is 1.00. The van der Waals surface area contributed by atoms with Crippen LogP contribution in [0, 0.1) is 0 Å². The largest absolute Gasteiger partial charge is 0.323 e. The Bertz CT molecular complexity index is 239. The van der Waals surface area contributed by atoms with Gasteiger partial charge in [0, 0.05) is 0 Å².